The van der Waals surface area contributed by atoms with Gasteiger partial charge in [-0.1, -0.05) is 32.0 Å². The Labute approximate surface area is 147 Å². The first-order valence-corrected chi connectivity index (χ1v) is 8.32. The van der Waals surface area contributed by atoms with Crippen molar-refractivity contribution in [2.45, 2.75) is 39.2 Å². The van der Waals surface area contributed by atoms with Crippen LogP contribution in [0.2, 0.25) is 0 Å². The van der Waals surface area contributed by atoms with Crippen LogP contribution in [0.5, 0.6) is 5.75 Å². The van der Waals surface area contributed by atoms with Gasteiger partial charge in [0.1, 0.15) is 5.75 Å². The number of rotatable bonds is 7. The number of ether oxygens (including phenoxy) is 1. The molecule has 2 atom stereocenters. The topological polar surface area (TPSA) is 75.6 Å². The molecule has 0 bridgehead atoms. The number of aromatic carboxylic acids is 1. The molecule has 0 aliphatic rings. The number of nitrogens with one attached hydrogen (secondary N) is 1. The maximum atomic E-state index is 12.3. The van der Waals surface area contributed by atoms with Gasteiger partial charge < -0.3 is 15.2 Å². The van der Waals surface area contributed by atoms with Crippen LogP contribution >= 0.6 is 0 Å². The molecule has 0 saturated heterocycles. The average Bonchev–Trinajstić information content (AvgIpc) is 2.61. The summed E-state index contributed by atoms with van der Waals surface area (Å²) in [5.41, 5.74) is 1.78. The Kier molecular flexibility index (Phi) is 6.17. The van der Waals surface area contributed by atoms with Crippen molar-refractivity contribution >= 4 is 17.6 Å². The van der Waals surface area contributed by atoms with E-state index in [2.05, 4.69) is 19.2 Å². The van der Waals surface area contributed by atoms with Gasteiger partial charge in [0.2, 0.25) is 0 Å². The summed E-state index contributed by atoms with van der Waals surface area (Å²) in [5, 5.41) is 11.6. The van der Waals surface area contributed by atoms with E-state index in [0.717, 1.165) is 12.0 Å². The molecule has 1 amide bonds. The minimum Gasteiger partial charge on any atom is -0.481 e. The molecule has 0 fully saturated rings. The summed E-state index contributed by atoms with van der Waals surface area (Å²) in [5.74, 6) is -0.242. The SMILES string of the molecule is CCC(C)c1ccccc1OC(C)C(=O)Nc1ccc(C(=O)O)cc1. The normalized spacial score (nSPS) is 12.9. The summed E-state index contributed by atoms with van der Waals surface area (Å²) in [6.07, 6.45) is 0.306. The first-order valence-electron chi connectivity index (χ1n) is 8.32. The van der Waals surface area contributed by atoms with Gasteiger partial charge in [-0.2, -0.15) is 0 Å². The zero-order chi connectivity index (χ0) is 18.4. The number of carboxylic acid groups (broad SMARTS) is 1. The Hall–Kier alpha value is -2.82. The standard InChI is InChI=1S/C20H23NO4/c1-4-13(2)17-7-5-6-8-18(17)25-14(3)19(22)21-16-11-9-15(10-12-16)20(23)24/h5-14H,4H2,1-3H3,(H,21,22)(H,23,24). The lowest BCUT2D eigenvalue weighted by molar-refractivity contribution is -0.122. The van der Waals surface area contributed by atoms with Gasteiger partial charge in [0.15, 0.2) is 6.10 Å². The second-order valence-corrected chi connectivity index (χ2v) is 5.98. The quantitative estimate of drug-likeness (QED) is 0.787. The van der Waals surface area contributed by atoms with Crippen molar-refractivity contribution < 1.29 is 19.4 Å². The molecule has 2 unspecified atom stereocenters. The van der Waals surface area contributed by atoms with E-state index in [9.17, 15) is 9.59 Å². The summed E-state index contributed by atoms with van der Waals surface area (Å²) < 4.78 is 5.86. The maximum absolute atomic E-state index is 12.3. The molecular weight excluding hydrogens is 318 g/mol. The van der Waals surface area contributed by atoms with Crippen molar-refractivity contribution in [2.75, 3.05) is 5.32 Å². The van der Waals surface area contributed by atoms with Crippen LogP contribution in [0.15, 0.2) is 48.5 Å². The number of para-hydroxylation sites is 1. The van der Waals surface area contributed by atoms with E-state index in [1.54, 1.807) is 19.1 Å². The third kappa shape index (κ3) is 4.83. The Bertz CT molecular complexity index is 740. The fraction of sp³-hybridized carbons (Fsp3) is 0.300. The van der Waals surface area contributed by atoms with Crippen molar-refractivity contribution in [3.8, 4) is 5.75 Å². The lowest BCUT2D eigenvalue weighted by atomic mass is 9.98. The number of carboxylic acids is 1. The van der Waals surface area contributed by atoms with E-state index in [1.165, 1.54) is 12.1 Å². The molecule has 0 spiro atoms. The summed E-state index contributed by atoms with van der Waals surface area (Å²) in [6.45, 7) is 5.92. The van der Waals surface area contributed by atoms with E-state index >= 15 is 0 Å². The van der Waals surface area contributed by atoms with Crippen LogP contribution in [0.1, 0.15) is 49.0 Å². The lowest BCUT2D eigenvalue weighted by Crippen LogP contribution is -2.30. The van der Waals surface area contributed by atoms with Crippen molar-refractivity contribution in [1.29, 1.82) is 0 Å². The molecular formula is C20H23NO4. The van der Waals surface area contributed by atoms with Gasteiger partial charge >= 0.3 is 5.97 Å². The highest BCUT2D eigenvalue weighted by atomic mass is 16.5. The van der Waals surface area contributed by atoms with E-state index < -0.39 is 12.1 Å². The van der Waals surface area contributed by atoms with Crippen LogP contribution in [-0.4, -0.2) is 23.1 Å². The van der Waals surface area contributed by atoms with Gasteiger partial charge in [0, 0.05) is 5.69 Å². The fourth-order valence-corrected chi connectivity index (χ4v) is 2.40. The van der Waals surface area contributed by atoms with Gasteiger partial charge in [-0.15, -0.1) is 0 Å². The van der Waals surface area contributed by atoms with Gasteiger partial charge in [0.05, 0.1) is 5.56 Å². The molecule has 2 aromatic carbocycles. The van der Waals surface area contributed by atoms with Crippen LogP contribution in [0.3, 0.4) is 0 Å². The number of hydrogen-bond donors (Lipinski definition) is 2. The molecule has 5 heteroatoms. The Morgan fingerprint density at radius 1 is 1.08 bits per heavy atom. The van der Waals surface area contributed by atoms with E-state index in [1.807, 2.05) is 24.3 Å². The molecule has 5 nitrogen and oxygen atoms in total. The zero-order valence-electron chi connectivity index (χ0n) is 14.7. The Morgan fingerprint density at radius 2 is 1.72 bits per heavy atom. The number of hydrogen-bond acceptors (Lipinski definition) is 3. The molecule has 0 aliphatic carbocycles. The number of amides is 1. The third-order valence-electron chi connectivity index (χ3n) is 4.13. The number of carbonyl (C=O) groups is 2. The monoisotopic (exact) mass is 341 g/mol. The molecule has 0 aromatic heterocycles. The minimum atomic E-state index is -1.00. The second-order valence-electron chi connectivity index (χ2n) is 5.98. The average molecular weight is 341 g/mol. The molecule has 25 heavy (non-hydrogen) atoms. The van der Waals surface area contributed by atoms with Gasteiger partial charge in [0.25, 0.3) is 5.91 Å². The highest BCUT2D eigenvalue weighted by molar-refractivity contribution is 5.95. The predicted octanol–water partition coefficient (Wildman–Crippen LogP) is 4.30. The van der Waals surface area contributed by atoms with Crippen molar-refractivity contribution in [2.24, 2.45) is 0 Å². The first-order chi connectivity index (χ1) is 11.9. The van der Waals surface area contributed by atoms with Crippen molar-refractivity contribution in [1.82, 2.24) is 0 Å². The largest absolute Gasteiger partial charge is 0.481 e. The van der Waals surface area contributed by atoms with Gasteiger partial charge in [-0.3, -0.25) is 4.79 Å². The summed E-state index contributed by atoms with van der Waals surface area (Å²) in [7, 11) is 0. The van der Waals surface area contributed by atoms with Crippen LogP contribution in [-0.2, 0) is 4.79 Å². The second kappa shape index (κ2) is 8.33. The Balaban J connectivity index is 2.04. The van der Waals surface area contributed by atoms with Crippen LogP contribution < -0.4 is 10.1 Å². The molecule has 0 heterocycles. The maximum Gasteiger partial charge on any atom is 0.335 e. The zero-order valence-corrected chi connectivity index (χ0v) is 14.7. The molecule has 2 aromatic rings. The predicted molar refractivity (Wildman–Crippen MR) is 97.3 cm³/mol. The molecule has 0 radical (unpaired) electrons. The summed E-state index contributed by atoms with van der Waals surface area (Å²) in [4.78, 5) is 23.2. The fourth-order valence-electron chi connectivity index (χ4n) is 2.40. The summed E-state index contributed by atoms with van der Waals surface area (Å²) >= 11 is 0. The van der Waals surface area contributed by atoms with Crippen LogP contribution in [0, 0.1) is 0 Å². The van der Waals surface area contributed by atoms with Crippen LogP contribution in [0.4, 0.5) is 5.69 Å². The van der Waals surface area contributed by atoms with Crippen molar-refractivity contribution in [3.05, 3.63) is 59.7 Å². The third-order valence-corrected chi connectivity index (χ3v) is 4.13. The molecule has 2 N–H and O–H groups in total. The van der Waals surface area contributed by atoms with Crippen LogP contribution in [0.25, 0.3) is 0 Å². The minimum absolute atomic E-state index is 0.171. The summed E-state index contributed by atoms with van der Waals surface area (Å²) in [6, 6.07) is 13.7. The highest BCUT2D eigenvalue weighted by Crippen LogP contribution is 2.29. The lowest BCUT2D eigenvalue weighted by Gasteiger charge is -2.19. The molecule has 2 rings (SSSR count). The first kappa shape index (κ1) is 18.5. The van der Waals surface area contributed by atoms with Crippen molar-refractivity contribution in [3.63, 3.8) is 0 Å². The van der Waals surface area contributed by atoms with Gasteiger partial charge in [-0.25, -0.2) is 4.79 Å². The van der Waals surface area contributed by atoms with E-state index in [4.69, 9.17) is 9.84 Å². The smallest absolute Gasteiger partial charge is 0.335 e. The number of carbonyl (C=O) groups excluding carboxylic acids is 1. The molecule has 0 aliphatic heterocycles. The molecule has 132 valence electrons. The van der Waals surface area contributed by atoms with E-state index in [0.29, 0.717) is 17.4 Å². The number of benzene rings is 2. The number of anilines is 1. The van der Waals surface area contributed by atoms with E-state index in [-0.39, 0.29) is 11.5 Å². The van der Waals surface area contributed by atoms with Gasteiger partial charge in [-0.05, 0) is 55.2 Å². The Morgan fingerprint density at radius 3 is 2.32 bits per heavy atom. The molecule has 0 saturated carbocycles. The highest BCUT2D eigenvalue weighted by Gasteiger charge is 2.18.